The molecule has 0 aliphatic heterocycles. The highest BCUT2D eigenvalue weighted by molar-refractivity contribution is 5.83. The Morgan fingerprint density at radius 1 is 1.44 bits per heavy atom. The third kappa shape index (κ3) is 3.40. The van der Waals surface area contributed by atoms with Gasteiger partial charge in [-0.15, -0.1) is 0 Å². The van der Waals surface area contributed by atoms with Gasteiger partial charge >= 0.3 is 12.0 Å². The first-order chi connectivity index (χ1) is 7.45. The molecule has 1 aliphatic carbocycles. The molecule has 2 amide bonds. The van der Waals surface area contributed by atoms with E-state index in [-0.39, 0.29) is 18.0 Å². The molecule has 0 bridgehead atoms. The Morgan fingerprint density at radius 2 is 2.06 bits per heavy atom. The van der Waals surface area contributed by atoms with Gasteiger partial charge in [0.1, 0.15) is 6.04 Å². The summed E-state index contributed by atoms with van der Waals surface area (Å²) in [5, 5.41) is 14.2. The maximum atomic E-state index is 11.5. The van der Waals surface area contributed by atoms with E-state index in [2.05, 4.69) is 17.6 Å². The lowest BCUT2D eigenvalue weighted by Crippen LogP contribution is -2.49. The van der Waals surface area contributed by atoms with Crippen molar-refractivity contribution in [1.29, 1.82) is 0 Å². The Labute approximate surface area is 95.6 Å². The van der Waals surface area contributed by atoms with Crippen LogP contribution in [0, 0.1) is 11.8 Å². The second-order valence-corrected chi connectivity index (χ2v) is 4.69. The lowest BCUT2D eigenvalue weighted by Gasteiger charge is -2.18. The molecule has 0 aromatic heterocycles. The molecule has 0 aromatic carbocycles. The van der Waals surface area contributed by atoms with E-state index in [1.165, 1.54) is 0 Å². The Bertz CT molecular complexity index is 278. The van der Waals surface area contributed by atoms with Gasteiger partial charge < -0.3 is 15.7 Å². The molecular formula is C11H20N2O3. The summed E-state index contributed by atoms with van der Waals surface area (Å²) in [6.07, 6.45) is 2.06. The fourth-order valence-corrected chi connectivity index (χ4v) is 1.74. The minimum absolute atomic E-state index is 0.121. The normalized spacial score (nSPS) is 25.0. The number of carboxylic acid groups (broad SMARTS) is 1. The number of carbonyl (C=O) groups is 2. The van der Waals surface area contributed by atoms with Gasteiger partial charge in [0.05, 0.1) is 0 Å². The molecule has 92 valence electrons. The topological polar surface area (TPSA) is 78.4 Å². The number of amides is 2. The SMILES string of the molecule is CCC1CC1NC(=O)N[C@H](C(=O)O)C(C)C. The summed E-state index contributed by atoms with van der Waals surface area (Å²) >= 11 is 0. The highest BCUT2D eigenvalue weighted by Gasteiger charge is 2.37. The Balaban J connectivity index is 2.35. The first kappa shape index (κ1) is 12.8. The minimum Gasteiger partial charge on any atom is -0.480 e. The maximum absolute atomic E-state index is 11.5. The summed E-state index contributed by atoms with van der Waals surface area (Å²) in [4.78, 5) is 22.3. The summed E-state index contributed by atoms with van der Waals surface area (Å²) in [6, 6.07) is -0.965. The molecule has 2 unspecified atom stereocenters. The fourth-order valence-electron chi connectivity index (χ4n) is 1.74. The number of hydrogen-bond acceptors (Lipinski definition) is 2. The molecule has 16 heavy (non-hydrogen) atoms. The number of nitrogens with one attached hydrogen (secondary N) is 2. The van der Waals surface area contributed by atoms with Crippen LogP contribution in [0.2, 0.25) is 0 Å². The summed E-state index contributed by atoms with van der Waals surface area (Å²) in [7, 11) is 0. The second-order valence-electron chi connectivity index (χ2n) is 4.69. The average molecular weight is 228 g/mol. The van der Waals surface area contributed by atoms with Crippen LogP contribution in [0.4, 0.5) is 4.79 Å². The number of carboxylic acids is 1. The van der Waals surface area contributed by atoms with Crippen LogP contribution in [0.15, 0.2) is 0 Å². The van der Waals surface area contributed by atoms with Crippen molar-refractivity contribution < 1.29 is 14.7 Å². The summed E-state index contributed by atoms with van der Waals surface area (Å²) in [6.45, 7) is 5.62. The summed E-state index contributed by atoms with van der Waals surface area (Å²) in [5.74, 6) is -0.550. The summed E-state index contributed by atoms with van der Waals surface area (Å²) < 4.78 is 0. The van der Waals surface area contributed by atoms with Crippen molar-refractivity contribution in [3.63, 3.8) is 0 Å². The van der Waals surface area contributed by atoms with E-state index in [1.807, 2.05) is 0 Å². The van der Waals surface area contributed by atoms with Gasteiger partial charge in [-0.05, 0) is 18.3 Å². The predicted octanol–water partition coefficient (Wildman–Crippen LogP) is 1.19. The van der Waals surface area contributed by atoms with Gasteiger partial charge in [0.25, 0.3) is 0 Å². The molecule has 3 N–H and O–H groups in total. The smallest absolute Gasteiger partial charge is 0.326 e. The predicted molar refractivity (Wildman–Crippen MR) is 60.1 cm³/mol. The number of urea groups is 1. The Kier molecular flexibility index (Phi) is 4.15. The highest BCUT2D eigenvalue weighted by atomic mass is 16.4. The van der Waals surface area contributed by atoms with Crippen LogP contribution in [-0.4, -0.2) is 29.2 Å². The molecule has 1 rings (SSSR count). The molecule has 0 heterocycles. The van der Waals surface area contributed by atoms with Crippen molar-refractivity contribution >= 4 is 12.0 Å². The Hall–Kier alpha value is -1.26. The summed E-state index contributed by atoms with van der Waals surface area (Å²) in [5.41, 5.74) is 0. The van der Waals surface area contributed by atoms with Gasteiger partial charge in [-0.25, -0.2) is 9.59 Å². The number of aliphatic carboxylic acids is 1. The molecular weight excluding hydrogens is 208 g/mol. The van der Waals surface area contributed by atoms with Crippen LogP contribution >= 0.6 is 0 Å². The van der Waals surface area contributed by atoms with E-state index < -0.39 is 12.0 Å². The molecule has 5 nitrogen and oxygen atoms in total. The van der Waals surface area contributed by atoms with Crippen LogP contribution in [0.25, 0.3) is 0 Å². The van der Waals surface area contributed by atoms with Crippen molar-refractivity contribution in [1.82, 2.24) is 10.6 Å². The average Bonchev–Trinajstić information content (AvgIpc) is 2.91. The van der Waals surface area contributed by atoms with Crippen LogP contribution < -0.4 is 10.6 Å². The van der Waals surface area contributed by atoms with E-state index in [0.29, 0.717) is 5.92 Å². The lowest BCUT2D eigenvalue weighted by atomic mass is 10.1. The number of rotatable bonds is 5. The third-order valence-electron chi connectivity index (χ3n) is 2.98. The molecule has 0 aromatic rings. The van der Waals surface area contributed by atoms with Crippen LogP contribution in [-0.2, 0) is 4.79 Å². The standard InChI is InChI=1S/C11H20N2O3/c1-4-7-5-8(7)12-11(16)13-9(6(2)3)10(14)15/h6-9H,4-5H2,1-3H3,(H,14,15)(H2,12,13,16)/t7?,8?,9-/m0/s1. The zero-order valence-electron chi connectivity index (χ0n) is 9.99. The van der Waals surface area contributed by atoms with Crippen LogP contribution in [0.3, 0.4) is 0 Å². The third-order valence-corrected chi connectivity index (χ3v) is 2.98. The van der Waals surface area contributed by atoms with E-state index in [4.69, 9.17) is 5.11 Å². The Morgan fingerprint density at radius 3 is 2.44 bits per heavy atom. The molecule has 5 heteroatoms. The van der Waals surface area contributed by atoms with Crippen molar-refractivity contribution in [2.75, 3.05) is 0 Å². The van der Waals surface area contributed by atoms with E-state index in [0.717, 1.165) is 12.8 Å². The lowest BCUT2D eigenvalue weighted by molar-refractivity contribution is -0.140. The van der Waals surface area contributed by atoms with Gasteiger partial charge in [-0.2, -0.15) is 0 Å². The highest BCUT2D eigenvalue weighted by Crippen LogP contribution is 2.32. The van der Waals surface area contributed by atoms with E-state index in [9.17, 15) is 9.59 Å². The van der Waals surface area contributed by atoms with Crippen molar-refractivity contribution in [2.24, 2.45) is 11.8 Å². The van der Waals surface area contributed by atoms with Crippen molar-refractivity contribution in [3.05, 3.63) is 0 Å². The zero-order chi connectivity index (χ0) is 12.3. The van der Waals surface area contributed by atoms with E-state index >= 15 is 0 Å². The van der Waals surface area contributed by atoms with Crippen molar-refractivity contribution in [3.8, 4) is 0 Å². The van der Waals surface area contributed by atoms with Gasteiger partial charge in [-0.3, -0.25) is 0 Å². The van der Waals surface area contributed by atoms with E-state index in [1.54, 1.807) is 13.8 Å². The molecule has 1 saturated carbocycles. The molecule has 0 spiro atoms. The maximum Gasteiger partial charge on any atom is 0.326 e. The van der Waals surface area contributed by atoms with Crippen LogP contribution in [0.5, 0.6) is 0 Å². The molecule has 1 fully saturated rings. The van der Waals surface area contributed by atoms with Gasteiger partial charge in [0.15, 0.2) is 0 Å². The van der Waals surface area contributed by atoms with Gasteiger partial charge in [0.2, 0.25) is 0 Å². The first-order valence-electron chi connectivity index (χ1n) is 5.75. The van der Waals surface area contributed by atoms with Crippen molar-refractivity contribution in [2.45, 2.75) is 45.7 Å². The largest absolute Gasteiger partial charge is 0.480 e. The second kappa shape index (κ2) is 5.18. The monoisotopic (exact) mass is 228 g/mol. The number of carbonyl (C=O) groups excluding carboxylic acids is 1. The first-order valence-corrected chi connectivity index (χ1v) is 5.75. The minimum atomic E-state index is -0.993. The van der Waals surface area contributed by atoms with Crippen LogP contribution in [0.1, 0.15) is 33.6 Å². The van der Waals surface area contributed by atoms with Gasteiger partial charge in [0, 0.05) is 6.04 Å². The zero-order valence-corrected chi connectivity index (χ0v) is 9.99. The fraction of sp³-hybridized carbons (Fsp3) is 0.818. The molecule has 0 radical (unpaired) electrons. The number of hydrogen-bond donors (Lipinski definition) is 3. The molecule has 0 saturated heterocycles. The molecule has 3 atom stereocenters. The molecule has 1 aliphatic rings. The van der Waals surface area contributed by atoms with Gasteiger partial charge in [-0.1, -0.05) is 27.2 Å². The quantitative estimate of drug-likeness (QED) is 0.661.